The first-order valence-corrected chi connectivity index (χ1v) is 8.88. The molecular weight excluding hydrogens is 324 g/mol. The molecule has 1 aromatic heterocycles. The van der Waals surface area contributed by atoms with Crippen LogP contribution in [0.3, 0.4) is 0 Å². The van der Waals surface area contributed by atoms with Crippen molar-refractivity contribution in [2.75, 3.05) is 38.1 Å². The highest BCUT2D eigenvalue weighted by molar-refractivity contribution is 9.09. The van der Waals surface area contributed by atoms with Gasteiger partial charge in [-0.3, -0.25) is 9.69 Å². The highest BCUT2D eigenvalue weighted by Crippen LogP contribution is 2.13. The van der Waals surface area contributed by atoms with Crippen LogP contribution in [0.2, 0.25) is 0 Å². The molecule has 1 amide bonds. The third kappa shape index (κ3) is 4.89. The Morgan fingerprint density at radius 1 is 1.32 bits per heavy atom. The van der Waals surface area contributed by atoms with Crippen molar-refractivity contribution in [2.45, 2.75) is 19.3 Å². The average Bonchev–Trinajstić information content (AvgIpc) is 2.93. The minimum Gasteiger partial charge on any atom is -0.340 e. The summed E-state index contributed by atoms with van der Waals surface area (Å²) >= 11 is 5.24. The second kappa shape index (κ2) is 8.02. The first-order valence-electron chi connectivity index (χ1n) is 6.88. The first kappa shape index (κ1) is 15.0. The van der Waals surface area contributed by atoms with E-state index in [1.807, 2.05) is 4.90 Å². The molecule has 0 atom stereocenters. The van der Waals surface area contributed by atoms with Crippen molar-refractivity contribution in [3.8, 4) is 0 Å². The maximum atomic E-state index is 12.1. The number of carbonyl (C=O) groups is 1. The quantitative estimate of drug-likeness (QED) is 0.740. The van der Waals surface area contributed by atoms with E-state index in [1.165, 1.54) is 4.88 Å². The lowest BCUT2D eigenvalue weighted by molar-refractivity contribution is -0.133. The maximum Gasteiger partial charge on any atom is 0.222 e. The molecule has 0 spiro atoms. The van der Waals surface area contributed by atoms with Gasteiger partial charge < -0.3 is 4.90 Å². The SMILES string of the molecule is O=C(CCCc1cccs1)N1CCN(CCBr)CC1. The lowest BCUT2D eigenvalue weighted by Crippen LogP contribution is -2.49. The van der Waals surface area contributed by atoms with Crippen molar-refractivity contribution in [1.82, 2.24) is 9.80 Å². The molecule has 19 heavy (non-hydrogen) atoms. The number of nitrogens with zero attached hydrogens (tertiary/aromatic N) is 2. The van der Waals surface area contributed by atoms with Gasteiger partial charge in [-0.2, -0.15) is 0 Å². The number of carbonyl (C=O) groups excluding carboxylic acids is 1. The number of halogens is 1. The van der Waals surface area contributed by atoms with Gasteiger partial charge in [-0.05, 0) is 24.3 Å². The standard InChI is InChI=1S/C14H21BrN2OS/c15-6-7-16-8-10-17(11-9-16)14(18)5-1-3-13-4-2-12-19-13/h2,4,12H,1,3,5-11H2. The van der Waals surface area contributed by atoms with E-state index in [0.29, 0.717) is 12.3 Å². The summed E-state index contributed by atoms with van der Waals surface area (Å²) in [6.45, 7) is 4.90. The molecule has 1 aliphatic heterocycles. The van der Waals surface area contributed by atoms with E-state index in [0.717, 1.165) is 50.9 Å². The predicted molar refractivity (Wildman–Crippen MR) is 84.1 cm³/mol. The Morgan fingerprint density at radius 3 is 2.74 bits per heavy atom. The third-order valence-corrected chi connectivity index (χ3v) is 4.81. The van der Waals surface area contributed by atoms with Crippen LogP contribution in [0.5, 0.6) is 0 Å². The molecule has 1 saturated heterocycles. The molecule has 2 rings (SSSR count). The van der Waals surface area contributed by atoms with Gasteiger partial charge in [-0.15, -0.1) is 11.3 Å². The number of alkyl halides is 1. The highest BCUT2D eigenvalue weighted by atomic mass is 79.9. The van der Waals surface area contributed by atoms with E-state index < -0.39 is 0 Å². The molecule has 106 valence electrons. The van der Waals surface area contributed by atoms with Gasteiger partial charge in [-0.1, -0.05) is 22.0 Å². The van der Waals surface area contributed by atoms with E-state index in [9.17, 15) is 4.79 Å². The van der Waals surface area contributed by atoms with Gasteiger partial charge in [-0.25, -0.2) is 0 Å². The largest absolute Gasteiger partial charge is 0.340 e. The number of aryl methyl sites for hydroxylation is 1. The van der Waals surface area contributed by atoms with Crippen LogP contribution in [0.1, 0.15) is 17.7 Å². The zero-order valence-electron chi connectivity index (χ0n) is 11.2. The van der Waals surface area contributed by atoms with Crippen LogP contribution in [0.25, 0.3) is 0 Å². The van der Waals surface area contributed by atoms with E-state index in [1.54, 1.807) is 11.3 Å². The summed E-state index contributed by atoms with van der Waals surface area (Å²) in [6.07, 6.45) is 2.70. The predicted octanol–water partition coefficient (Wildman–Crippen LogP) is 2.61. The molecule has 2 heterocycles. The Balaban J connectivity index is 1.64. The van der Waals surface area contributed by atoms with Crippen molar-refractivity contribution in [3.63, 3.8) is 0 Å². The van der Waals surface area contributed by atoms with Gasteiger partial charge in [0.2, 0.25) is 5.91 Å². The topological polar surface area (TPSA) is 23.6 Å². The van der Waals surface area contributed by atoms with Crippen molar-refractivity contribution in [1.29, 1.82) is 0 Å². The zero-order valence-corrected chi connectivity index (χ0v) is 13.6. The summed E-state index contributed by atoms with van der Waals surface area (Å²) in [7, 11) is 0. The molecule has 0 bridgehead atoms. The van der Waals surface area contributed by atoms with Gasteiger partial charge >= 0.3 is 0 Å². The fourth-order valence-corrected chi connectivity index (χ4v) is 3.62. The Morgan fingerprint density at radius 2 is 2.11 bits per heavy atom. The Labute approximate surface area is 127 Å². The normalized spacial score (nSPS) is 16.8. The van der Waals surface area contributed by atoms with Crippen molar-refractivity contribution in [2.24, 2.45) is 0 Å². The number of hydrogen-bond donors (Lipinski definition) is 0. The molecule has 1 fully saturated rings. The smallest absolute Gasteiger partial charge is 0.222 e. The van der Waals surface area contributed by atoms with E-state index in [4.69, 9.17) is 0 Å². The van der Waals surface area contributed by atoms with Crippen LogP contribution in [-0.4, -0.2) is 53.8 Å². The summed E-state index contributed by atoms with van der Waals surface area (Å²) in [4.78, 5) is 17.9. The maximum absolute atomic E-state index is 12.1. The fourth-order valence-electron chi connectivity index (χ4n) is 2.37. The highest BCUT2D eigenvalue weighted by Gasteiger charge is 2.19. The lowest BCUT2D eigenvalue weighted by Gasteiger charge is -2.34. The van der Waals surface area contributed by atoms with Crippen LogP contribution < -0.4 is 0 Å². The molecule has 0 unspecified atom stereocenters. The molecule has 0 radical (unpaired) electrons. The number of thiophene rings is 1. The number of hydrogen-bond acceptors (Lipinski definition) is 3. The minimum absolute atomic E-state index is 0.329. The van der Waals surface area contributed by atoms with E-state index >= 15 is 0 Å². The Hall–Kier alpha value is -0.390. The van der Waals surface area contributed by atoms with Gasteiger partial charge in [0, 0.05) is 49.4 Å². The number of amides is 1. The van der Waals surface area contributed by atoms with E-state index in [2.05, 4.69) is 38.3 Å². The molecule has 1 aromatic rings. The molecule has 5 heteroatoms. The van der Waals surface area contributed by atoms with Crippen LogP contribution in [0.4, 0.5) is 0 Å². The van der Waals surface area contributed by atoms with Crippen molar-refractivity contribution < 1.29 is 4.79 Å². The lowest BCUT2D eigenvalue weighted by atomic mass is 10.2. The first-order chi connectivity index (χ1) is 9.29. The monoisotopic (exact) mass is 344 g/mol. The average molecular weight is 345 g/mol. The molecular formula is C14H21BrN2OS. The molecule has 0 aliphatic carbocycles. The summed E-state index contributed by atoms with van der Waals surface area (Å²) in [5.41, 5.74) is 0. The van der Waals surface area contributed by atoms with Gasteiger partial charge in [0.25, 0.3) is 0 Å². The van der Waals surface area contributed by atoms with Crippen molar-refractivity contribution >= 4 is 33.2 Å². The molecule has 0 aromatic carbocycles. The zero-order chi connectivity index (χ0) is 13.5. The molecule has 0 saturated carbocycles. The van der Waals surface area contributed by atoms with E-state index in [-0.39, 0.29) is 0 Å². The van der Waals surface area contributed by atoms with Gasteiger partial charge in [0.1, 0.15) is 0 Å². The Bertz CT molecular complexity index is 375. The summed E-state index contributed by atoms with van der Waals surface area (Å²) in [6, 6.07) is 4.22. The second-order valence-electron chi connectivity index (χ2n) is 4.84. The van der Waals surface area contributed by atoms with Crippen LogP contribution >= 0.6 is 27.3 Å². The Kier molecular flexibility index (Phi) is 6.34. The van der Waals surface area contributed by atoms with Crippen LogP contribution in [0, 0.1) is 0 Å². The minimum atomic E-state index is 0.329. The van der Waals surface area contributed by atoms with Gasteiger partial charge in [0.05, 0.1) is 0 Å². The summed E-state index contributed by atoms with van der Waals surface area (Å²) < 4.78 is 0. The van der Waals surface area contributed by atoms with Crippen LogP contribution in [0.15, 0.2) is 17.5 Å². The van der Waals surface area contributed by atoms with Crippen LogP contribution in [-0.2, 0) is 11.2 Å². The fraction of sp³-hybridized carbons (Fsp3) is 0.643. The number of rotatable bonds is 6. The number of piperazine rings is 1. The third-order valence-electron chi connectivity index (χ3n) is 3.52. The second-order valence-corrected chi connectivity index (χ2v) is 6.67. The molecule has 0 N–H and O–H groups in total. The molecule has 1 aliphatic rings. The summed E-state index contributed by atoms with van der Waals surface area (Å²) in [5, 5.41) is 3.11. The molecule has 3 nitrogen and oxygen atoms in total. The summed E-state index contributed by atoms with van der Waals surface area (Å²) in [5.74, 6) is 0.329. The van der Waals surface area contributed by atoms with Gasteiger partial charge in [0.15, 0.2) is 0 Å². The van der Waals surface area contributed by atoms with Crippen molar-refractivity contribution in [3.05, 3.63) is 22.4 Å².